The summed E-state index contributed by atoms with van der Waals surface area (Å²) in [6.45, 7) is 5.04. The number of sulfonamides is 1. The Morgan fingerprint density at radius 2 is 2.05 bits per heavy atom. The van der Waals surface area contributed by atoms with Crippen molar-refractivity contribution in [3.8, 4) is 0 Å². The molecule has 1 heterocycles. The molecule has 0 bridgehead atoms. The molecule has 19 heavy (non-hydrogen) atoms. The molecule has 1 saturated carbocycles. The zero-order valence-corrected chi connectivity index (χ0v) is 13.0. The summed E-state index contributed by atoms with van der Waals surface area (Å²) in [7, 11) is -3.49. The van der Waals surface area contributed by atoms with Crippen molar-refractivity contribution >= 4 is 27.8 Å². The molecule has 1 aliphatic carbocycles. The highest BCUT2D eigenvalue weighted by Crippen LogP contribution is 2.37. The quantitative estimate of drug-likeness (QED) is 0.853. The predicted octanol–water partition coefficient (Wildman–Crippen LogP) is 1.40. The molecule has 0 spiro atoms. The summed E-state index contributed by atoms with van der Waals surface area (Å²) in [6.07, 6.45) is 1.64. The van der Waals surface area contributed by atoms with Crippen LogP contribution in [0, 0.1) is 5.92 Å². The van der Waals surface area contributed by atoms with E-state index in [9.17, 15) is 13.2 Å². The van der Waals surface area contributed by atoms with Crippen LogP contribution in [0.4, 0.5) is 0 Å². The Labute approximate surface area is 118 Å². The van der Waals surface area contributed by atoms with Crippen LogP contribution in [-0.4, -0.2) is 52.6 Å². The maximum Gasteiger partial charge on any atom is 0.307 e. The maximum absolute atomic E-state index is 12.6. The van der Waals surface area contributed by atoms with E-state index in [4.69, 9.17) is 5.11 Å². The van der Waals surface area contributed by atoms with Crippen LogP contribution in [0.15, 0.2) is 0 Å². The minimum absolute atomic E-state index is 0.0946. The number of nitrogens with zero attached hydrogens (tertiary/aromatic N) is 1. The summed E-state index contributed by atoms with van der Waals surface area (Å²) in [4.78, 5) is 11.2. The summed E-state index contributed by atoms with van der Waals surface area (Å²) in [5, 5.41) is 8.43. The molecule has 7 heteroatoms. The van der Waals surface area contributed by atoms with E-state index in [0.717, 1.165) is 5.75 Å². The van der Waals surface area contributed by atoms with Crippen molar-refractivity contribution in [2.75, 3.05) is 18.8 Å². The van der Waals surface area contributed by atoms with Gasteiger partial charge in [-0.3, -0.25) is 4.79 Å². The van der Waals surface area contributed by atoms with Gasteiger partial charge in [-0.25, -0.2) is 8.42 Å². The van der Waals surface area contributed by atoms with Gasteiger partial charge in [0.2, 0.25) is 10.0 Å². The molecule has 0 aromatic carbocycles. The van der Waals surface area contributed by atoms with E-state index in [1.165, 1.54) is 4.31 Å². The van der Waals surface area contributed by atoms with Crippen LogP contribution in [0.2, 0.25) is 0 Å². The second-order valence-corrected chi connectivity index (χ2v) is 9.85. The molecule has 2 fully saturated rings. The third-order valence-corrected chi connectivity index (χ3v) is 7.56. The average Bonchev–Trinajstić information content (AvgIpc) is 2.77. The lowest BCUT2D eigenvalue weighted by molar-refractivity contribution is -0.141. The highest BCUT2D eigenvalue weighted by molar-refractivity contribution is 8.00. The van der Waals surface area contributed by atoms with E-state index in [1.54, 1.807) is 11.8 Å². The summed E-state index contributed by atoms with van der Waals surface area (Å²) in [6, 6.07) is 0. The first kappa shape index (κ1) is 15.1. The Morgan fingerprint density at radius 1 is 1.37 bits per heavy atom. The number of hydrogen-bond acceptors (Lipinski definition) is 4. The first-order valence-electron chi connectivity index (χ1n) is 6.60. The zero-order chi connectivity index (χ0) is 14.3. The van der Waals surface area contributed by atoms with Gasteiger partial charge < -0.3 is 5.11 Å². The lowest BCUT2D eigenvalue weighted by atomic mass is 10.1. The number of carboxylic acid groups (broad SMARTS) is 1. The van der Waals surface area contributed by atoms with E-state index in [1.807, 2.05) is 13.8 Å². The van der Waals surface area contributed by atoms with Gasteiger partial charge in [0.15, 0.2) is 0 Å². The van der Waals surface area contributed by atoms with Crippen LogP contribution in [0.3, 0.4) is 0 Å². The molecule has 2 atom stereocenters. The molecule has 110 valence electrons. The van der Waals surface area contributed by atoms with Crippen molar-refractivity contribution in [2.24, 2.45) is 5.92 Å². The molecule has 1 N–H and O–H groups in total. The Kier molecular flexibility index (Phi) is 4.18. The summed E-state index contributed by atoms with van der Waals surface area (Å²) in [5.41, 5.74) is 0. The molecule has 0 aromatic rings. The highest BCUT2D eigenvalue weighted by atomic mass is 32.2. The lowest BCUT2D eigenvalue weighted by Gasteiger charge is -2.38. The van der Waals surface area contributed by atoms with Crippen LogP contribution in [-0.2, 0) is 14.8 Å². The Bertz CT molecular complexity index is 460. The van der Waals surface area contributed by atoms with Gasteiger partial charge in [-0.05, 0) is 26.7 Å². The van der Waals surface area contributed by atoms with Crippen molar-refractivity contribution in [2.45, 2.75) is 43.1 Å². The number of rotatable bonds is 3. The largest absolute Gasteiger partial charge is 0.481 e. The van der Waals surface area contributed by atoms with Crippen molar-refractivity contribution in [1.82, 2.24) is 4.31 Å². The molecule has 2 rings (SSSR count). The standard InChI is InChI=1S/C12H21NO4S2/c1-12(2)8-13(6-7-18-12)19(16,17)10-5-3-4-9(10)11(14)15/h9-10H,3-8H2,1-2H3,(H,14,15). The molecule has 2 aliphatic rings. The van der Waals surface area contributed by atoms with Gasteiger partial charge in [0, 0.05) is 23.6 Å². The maximum atomic E-state index is 12.6. The summed E-state index contributed by atoms with van der Waals surface area (Å²) in [5.74, 6) is -0.934. The third kappa shape index (κ3) is 3.08. The first-order chi connectivity index (χ1) is 8.74. The van der Waals surface area contributed by atoms with E-state index in [0.29, 0.717) is 32.4 Å². The second kappa shape index (κ2) is 5.26. The van der Waals surface area contributed by atoms with Gasteiger partial charge in [0.25, 0.3) is 0 Å². The van der Waals surface area contributed by atoms with Crippen LogP contribution >= 0.6 is 11.8 Å². The number of aliphatic carboxylic acids is 1. The van der Waals surface area contributed by atoms with Crippen LogP contribution in [0.25, 0.3) is 0 Å². The van der Waals surface area contributed by atoms with Gasteiger partial charge in [-0.15, -0.1) is 0 Å². The topological polar surface area (TPSA) is 74.7 Å². The summed E-state index contributed by atoms with van der Waals surface area (Å²) >= 11 is 1.77. The molecule has 1 aliphatic heterocycles. The van der Waals surface area contributed by atoms with Crippen molar-refractivity contribution in [1.29, 1.82) is 0 Å². The van der Waals surface area contributed by atoms with Crippen LogP contribution in [0.1, 0.15) is 33.1 Å². The van der Waals surface area contributed by atoms with E-state index in [2.05, 4.69) is 0 Å². The molecular weight excluding hydrogens is 286 g/mol. The third-order valence-electron chi connectivity index (χ3n) is 3.90. The van der Waals surface area contributed by atoms with Gasteiger partial charge >= 0.3 is 5.97 Å². The Balaban J connectivity index is 2.20. The van der Waals surface area contributed by atoms with Crippen molar-refractivity contribution in [3.63, 3.8) is 0 Å². The monoisotopic (exact) mass is 307 g/mol. The van der Waals surface area contributed by atoms with E-state index in [-0.39, 0.29) is 4.75 Å². The Morgan fingerprint density at radius 3 is 2.63 bits per heavy atom. The number of carbonyl (C=O) groups is 1. The normalized spacial score (nSPS) is 32.3. The fourth-order valence-electron chi connectivity index (χ4n) is 2.95. The molecular formula is C12H21NO4S2. The average molecular weight is 307 g/mol. The van der Waals surface area contributed by atoms with Gasteiger partial charge in [-0.2, -0.15) is 16.1 Å². The van der Waals surface area contributed by atoms with Crippen molar-refractivity contribution < 1.29 is 18.3 Å². The van der Waals surface area contributed by atoms with E-state index < -0.39 is 27.2 Å². The van der Waals surface area contributed by atoms with Gasteiger partial charge in [-0.1, -0.05) is 6.42 Å². The van der Waals surface area contributed by atoms with Crippen molar-refractivity contribution in [3.05, 3.63) is 0 Å². The number of thioether (sulfide) groups is 1. The highest BCUT2D eigenvalue weighted by Gasteiger charge is 2.46. The minimum Gasteiger partial charge on any atom is -0.481 e. The molecule has 2 unspecified atom stereocenters. The molecule has 0 radical (unpaired) electrons. The van der Waals surface area contributed by atoms with E-state index >= 15 is 0 Å². The fourth-order valence-corrected chi connectivity index (χ4v) is 6.62. The zero-order valence-electron chi connectivity index (χ0n) is 11.3. The van der Waals surface area contributed by atoms with Gasteiger partial charge in [0.1, 0.15) is 0 Å². The smallest absolute Gasteiger partial charge is 0.307 e. The Hall–Kier alpha value is -0.270. The SMILES string of the molecule is CC1(C)CN(S(=O)(=O)C2CCCC2C(=O)O)CCS1. The molecule has 5 nitrogen and oxygen atoms in total. The first-order valence-corrected chi connectivity index (χ1v) is 9.09. The number of carboxylic acids is 1. The molecule has 0 aromatic heterocycles. The van der Waals surface area contributed by atoms with Gasteiger partial charge in [0.05, 0.1) is 11.2 Å². The second-order valence-electron chi connectivity index (χ2n) is 5.90. The fraction of sp³-hybridized carbons (Fsp3) is 0.917. The van der Waals surface area contributed by atoms with Crippen LogP contribution < -0.4 is 0 Å². The lowest BCUT2D eigenvalue weighted by Crippen LogP contribution is -2.50. The molecule has 1 saturated heterocycles. The summed E-state index contributed by atoms with van der Waals surface area (Å²) < 4.78 is 26.7. The number of hydrogen-bond donors (Lipinski definition) is 1. The predicted molar refractivity (Wildman–Crippen MR) is 75.8 cm³/mol. The van der Waals surface area contributed by atoms with Crippen LogP contribution in [0.5, 0.6) is 0 Å². The molecule has 0 amide bonds. The minimum atomic E-state index is -3.49.